The number of hydrogen-bond donors (Lipinski definition) is 1. The zero-order valence-electron chi connectivity index (χ0n) is 8.91. The van der Waals surface area contributed by atoms with Crippen molar-refractivity contribution in [2.24, 2.45) is 0 Å². The molecule has 0 saturated carbocycles. The van der Waals surface area contributed by atoms with E-state index in [0.717, 1.165) is 0 Å². The molecule has 0 atom stereocenters. The van der Waals surface area contributed by atoms with Crippen LogP contribution in [0.4, 0.5) is 9.52 Å². The fourth-order valence-corrected chi connectivity index (χ4v) is 1.99. The summed E-state index contributed by atoms with van der Waals surface area (Å²) in [6.07, 6.45) is 0. The highest BCUT2D eigenvalue weighted by Gasteiger charge is 2.10. The second-order valence-corrected chi connectivity index (χ2v) is 4.56. The minimum atomic E-state index is -0.490. The molecule has 7 heteroatoms. The van der Waals surface area contributed by atoms with E-state index in [1.807, 2.05) is 0 Å². The van der Waals surface area contributed by atoms with Gasteiger partial charge in [0.05, 0.1) is 5.02 Å². The average molecular weight is 274 g/mol. The SMILES string of the molecule is CNc1nnc(COc2c(F)cccc2Cl)s1. The highest BCUT2D eigenvalue weighted by atomic mass is 35.5. The van der Waals surface area contributed by atoms with Crippen LogP contribution < -0.4 is 10.1 Å². The van der Waals surface area contributed by atoms with Crippen LogP contribution in [0.15, 0.2) is 18.2 Å². The number of aromatic nitrogens is 2. The second kappa shape index (κ2) is 5.29. The summed E-state index contributed by atoms with van der Waals surface area (Å²) in [6, 6.07) is 4.38. The fraction of sp³-hybridized carbons (Fsp3) is 0.200. The summed E-state index contributed by atoms with van der Waals surface area (Å²) in [5.41, 5.74) is 0. The highest BCUT2D eigenvalue weighted by molar-refractivity contribution is 7.15. The molecular formula is C10H9ClFN3OS. The molecule has 2 rings (SSSR count). The second-order valence-electron chi connectivity index (χ2n) is 3.09. The molecule has 1 N–H and O–H groups in total. The third kappa shape index (κ3) is 2.83. The zero-order chi connectivity index (χ0) is 12.3. The van der Waals surface area contributed by atoms with Crippen LogP contribution in [0, 0.1) is 5.82 Å². The van der Waals surface area contributed by atoms with Crippen molar-refractivity contribution in [3.63, 3.8) is 0 Å². The minimum absolute atomic E-state index is 0.0374. The molecule has 1 aromatic carbocycles. The first-order valence-corrected chi connectivity index (χ1v) is 5.97. The van der Waals surface area contributed by atoms with Crippen LogP contribution >= 0.6 is 22.9 Å². The van der Waals surface area contributed by atoms with Gasteiger partial charge in [0.15, 0.2) is 16.6 Å². The van der Waals surface area contributed by atoms with Crippen molar-refractivity contribution in [1.82, 2.24) is 10.2 Å². The Morgan fingerprint density at radius 1 is 1.47 bits per heavy atom. The van der Waals surface area contributed by atoms with E-state index in [0.29, 0.717) is 10.1 Å². The lowest BCUT2D eigenvalue weighted by Gasteiger charge is -2.06. The Kier molecular flexibility index (Phi) is 3.75. The maximum Gasteiger partial charge on any atom is 0.205 e. The van der Waals surface area contributed by atoms with Gasteiger partial charge in [0, 0.05) is 7.05 Å². The molecular weight excluding hydrogens is 265 g/mol. The quantitative estimate of drug-likeness (QED) is 0.930. The Balaban J connectivity index is 2.07. The molecule has 2 aromatic rings. The van der Waals surface area contributed by atoms with E-state index in [9.17, 15) is 4.39 Å². The molecule has 90 valence electrons. The first kappa shape index (κ1) is 12.1. The van der Waals surface area contributed by atoms with Gasteiger partial charge in [-0.05, 0) is 12.1 Å². The molecule has 0 radical (unpaired) electrons. The summed E-state index contributed by atoms with van der Waals surface area (Å²) >= 11 is 7.16. The summed E-state index contributed by atoms with van der Waals surface area (Å²) < 4.78 is 18.7. The van der Waals surface area contributed by atoms with Gasteiger partial charge < -0.3 is 10.1 Å². The van der Waals surface area contributed by atoms with Crippen LogP contribution in [0.2, 0.25) is 5.02 Å². The maximum absolute atomic E-state index is 13.4. The number of halogens is 2. The molecule has 4 nitrogen and oxygen atoms in total. The van der Waals surface area contributed by atoms with Gasteiger partial charge in [-0.15, -0.1) is 10.2 Å². The monoisotopic (exact) mass is 273 g/mol. The zero-order valence-corrected chi connectivity index (χ0v) is 10.5. The molecule has 0 aliphatic carbocycles. The molecule has 0 spiro atoms. The number of rotatable bonds is 4. The number of hydrogen-bond acceptors (Lipinski definition) is 5. The smallest absolute Gasteiger partial charge is 0.205 e. The van der Waals surface area contributed by atoms with Crippen LogP contribution in [-0.4, -0.2) is 17.2 Å². The van der Waals surface area contributed by atoms with Gasteiger partial charge in [-0.1, -0.05) is 29.0 Å². The number of ether oxygens (including phenoxy) is 1. The van der Waals surface area contributed by atoms with Crippen LogP contribution in [-0.2, 0) is 6.61 Å². The van der Waals surface area contributed by atoms with Gasteiger partial charge in [-0.25, -0.2) is 4.39 Å². The molecule has 0 aliphatic rings. The number of nitrogens with one attached hydrogen (secondary N) is 1. The van der Waals surface area contributed by atoms with E-state index in [1.165, 1.54) is 23.5 Å². The standard InChI is InChI=1S/C10H9ClFN3OS/c1-13-10-15-14-8(17-10)5-16-9-6(11)3-2-4-7(9)12/h2-4H,5H2,1H3,(H,13,15). The Labute approximate surface area is 106 Å². The highest BCUT2D eigenvalue weighted by Crippen LogP contribution is 2.28. The summed E-state index contributed by atoms with van der Waals surface area (Å²) in [4.78, 5) is 0. The van der Waals surface area contributed by atoms with E-state index in [2.05, 4.69) is 15.5 Å². The molecule has 0 fully saturated rings. The topological polar surface area (TPSA) is 47.0 Å². The largest absolute Gasteiger partial charge is 0.482 e. The van der Waals surface area contributed by atoms with Gasteiger partial charge in [-0.2, -0.15) is 0 Å². The van der Waals surface area contributed by atoms with E-state index in [-0.39, 0.29) is 17.4 Å². The number of benzene rings is 1. The Morgan fingerprint density at radius 2 is 2.29 bits per heavy atom. The van der Waals surface area contributed by atoms with Crippen molar-refractivity contribution in [2.75, 3.05) is 12.4 Å². The van der Waals surface area contributed by atoms with Crippen molar-refractivity contribution >= 4 is 28.1 Å². The van der Waals surface area contributed by atoms with E-state index >= 15 is 0 Å². The lowest BCUT2D eigenvalue weighted by atomic mass is 10.3. The first-order valence-electron chi connectivity index (χ1n) is 4.77. The van der Waals surface area contributed by atoms with Crippen LogP contribution in [0.5, 0.6) is 5.75 Å². The molecule has 0 bridgehead atoms. The van der Waals surface area contributed by atoms with Gasteiger partial charge in [0.1, 0.15) is 6.61 Å². The average Bonchev–Trinajstić information content (AvgIpc) is 2.76. The van der Waals surface area contributed by atoms with Crippen molar-refractivity contribution in [3.8, 4) is 5.75 Å². The van der Waals surface area contributed by atoms with Crippen molar-refractivity contribution in [1.29, 1.82) is 0 Å². The lowest BCUT2D eigenvalue weighted by molar-refractivity contribution is 0.289. The maximum atomic E-state index is 13.4. The van der Waals surface area contributed by atoms with E-state index in [1.54, 1.807) is 13.1 Å². The van der Waals surface area contributed by atoms with Crippen LogP contribution in [0.3, 0.4) is 0 Å². The van der Waals surface area contributed by atoms with Crippen LogP contribution in [0.1, 0.15) is 5.01 Å². The number of nitrogens with zero attached hydrogens (tertiary/aromatic N) is 2. The number of anilines is 1. The summed E-state index contributed by atoms with van der Waals surface area (Å²) in [7, 11) is 1.75. The minimum Gasteiger partial charge on any atom is -0.482 e. The van der Waals surface area contributed by atoms with Gasteiger partial charge in [-0.3, -0.25) is 0 Å². The summed E-state index contributed by atoms with van der Waals surface area (Å²) in [5.74, 6) is -0.453. The third-order valence-electron chi connectivity index (χ3n) is 1.94. The predicted molar refractivity (Wildman–Crippen MR) is 65.2 cm³/mol. The Morgan fingerprint density at radius 3 is 2.94 bits per heavy atom. The Bertz CT molecular complexity index is 500. The van der Waals surface area contributed by atoms with E-state index in [4.69, 9.17) is 16.3 Å². The van der Waals surface area contributed by atoms with Gasteiger partial charge >= 0.3 is 0 Å². The van der Waals surface area contributed by atoms with Gasteiger partial charge in [0.25, 0.3) is 0 Å². The third-order valence-corrected chi connectivity index (χ3v) is 3.15. The number of para-hydroxylation sites is 1. The van der Waals surface area contributed by atoms with Crippen LogP contribution in [0.25, 0.3) is 0 Å². The normalized spacial score (nSPS) is 10.3. The molecule has 0 aliphatic heterocycles. The Hall–Kier alpha value is -1.40. The molecule has 0 saturated heterocycles. The molecule has 17 heavy (non-hydrogen) atoms. The van der Waals surface area contributed by atoms with Crippen molar-refractivity contribution in [3.05, 3.63) is 34.0 Å². The molecule has 0 amide bonds. The predicted octanol–water partition coefficient (Wildman–Crippen LogP) is 2.95. The lowest BCUT2D eigenvalue weighted by Crippen LogP contribution is -1.97. The first-order chi connectivity index (χ1) is 8.20. The van der Waals surface area contributed by atoms with Crippen molar-refractivity contribution < 1.29 is 9.13 Å². The summed E-state index contributed by atoms with van der Waals surface area (Å²) in [5, 5.41) is 12.1. The van der Waals surface area contributed by atoms with Gasteiger partial charge in [0.2, 0.25) is 5.13 Å². The molecule has 0 unspecified atom stereocenters. The van der Waals surface area contributed by atoms with E-state index < -0.39 is 5.82 Å². The molecule has 1 aromatic heterocycles. The fourth-order valence-electron chi connectivity index (χ4n) is 1.17. The summed E-state index contributed by atoms with van der Waals surface area (Å²) in [6.45, 7) is 0.139. The molecule has 1 heterocycles. The van der Waals surface area contributed by atoms with Crippen molar-refractivity contribution in [2.45, 2.75) is 6.61 Å².